The molecule has 23 heavy (non-hydrogen) atoms. The second-order valence-corrected chi connectivity index (χ2v) is 6.52. The number of carbonyl (C=O) groups excluding carboxylic acids is 2. The average Bonchev–Trinajstić information content (AvgIpc) is 2.53. The van der Waals surface area contributed by atoms with Gasteiger partial charge in [-0.05, 0) is 40.4 Å². The van der Waals surface area contributed by atoms with E-state index in [0.29, 0.717) is 41.2 Å². The fraction of sp³-hybridized carbons (Fsp3) is 0.500. The Balaban J connectivity index is 2.18. The van der Waals surface area contributed by atoms with Crippen molar-refractivity contribution in [1.29, 1.82) is 0 Å². The number of rotatable bonds is 5. The Hall–Kier alpha value is -1.76. The third-order valence-corrected chi connectivity index (χ3v) is 3.95. The van der Waals surface area contributed by atoms with Gasteiger partial charge in [-0.15, -0.1) is 0 Å². The zero-order valence-corrected chi connectivity index (χ0v) is 14.9. The molecule has 1 N–H and O–H groups in total. The Bertz CT molecular complexity index is 602. The minimum absolute atomic E-state index is 0.242. The maximum absolute atomic E-state index is 12.5. The van der Waals surface area contributed by atoms with Gasteiger partial charge in [0.1, 0.15) is 19.3 Å². The Morgan fingerprint density at radius 1 is 1.30 bits per heavy atom. The third kappa shape index (κ3) is 4.37. The van der Waals surface area contributed by atoms with Crippen LogP contribution in [0.2, 0.25) is 0 Å². The van der Waals surface area contributed by atoms with Crippen molar-refractivity contribution < 1.29 is 23.8 Å². The first-order valence-corrected chi connectivity index (χ1v) is 8.19. The first kappa shape index (κ1) is 17.6. The summed E-state index contributed by atoms with van der Waals surface area (Å²) in [6.45, 7) is 4.85. The molecule has 2 rings (SSSR count). The van der Waals surface area contributed by atoms with Crippen molar-refractivity contribution in [2.24, 2.45) is 5.92 Å². The molecule has 0 saturated heterocycles. The van der Waals surface area contributed by atoms with E-state index >= 15 is 0 Å². The number of ether oxygens (including phenoxy) is 3. The molecule has 1 aromatic rings. The number of hydrogen-bond acceptors (Lipinski definition) is 5. The summed E-state index contributed by atoms with van der Waals surface area (Å²) in [6, 6.07) is 2.57. The van der Waals surface area contributed by atoms with E-state index in [-0.39, 0.29) is 11.8 Å². The maximum atomic E-state index is 12.5. The second kappa shape index (κ2) is 7.68. The van der Waals surface area contributed by atoms with Gasteiger partial charge in [0.15, 0.2) is 11.5 Å². The Morgan fingerprint density at radius 2 is 2.00 bits per heavy atom. The number of methoxy groups -OCH3 is 1. The van der Waals surface area contributed by atoms with Crippen molar-refractivity contribution in [3.63, 3.8) is 0 Å². The van der Waals surface area contributed by atoms with Crippen molar-refractivity contribution in [3.8, 4) is 11.5 Å². The molecule has 0 saturated carbocycles. The number of fused-ring (bicyclic) bond motifs is 1. The smallest absolute Gasteiger partial charge is 0.328 e. The van der Waals surface area contributed by atoms with Crippen LogP contribution in [0, 0.1) is 5.92 Å². The van der Waals surface area contributed by atoms with Crippen molar-refractivity contribution in [1.82, 2.24) is 5.32 Å². The average molecular weight is 386 g/mol. The molecule has 0 bridgehead atoms. The summed E-state index contributed by atoms with van der Waals surface area (Å²) in [5, 5.41) is 2.72. The highest BCUT2D eigenvalue weighted by molar-refractivity contribution is 9.10. The molecule has 1 heterocycles. The molecule has 1 aromatic carbocycles. The van der Waals surface area contributed by atoms with E-state index < -0.39 is 12.0 Å². The van der Waals surface area contributed by atoms with E-state index in [0.717, 1.165) is 0 Å². The predicted molar refractivity (Wildman–Crippen MR) is 87.9 cm³/mol. The zero-order chi connectivity index (χ0) is 17.0. The van der Waals surface area contributed by atoms with Crippen LogP contribution >= 0.6 is 15.9 Å². The summed E-state index contributed by atoms with van der Waals surface area (Å²) in [6.07, 6.45) is 0.504. The highest BCUT2D eigenvalue weighted by atomic mass is 79.9. The molecule has 0 aromatic heterocycles. The highest BCUT2D eigenvalue weighted by Crippen LogP contribution is 2.38. The molecule has 1 atom stereocenters. The van der Waals surface area contributed by atoms with Gasteiger partial charge < -0.3 is 19.5 Å². The lowest BCUT2D eigenvalue weighted by Gasteiger charge is -2.21. The van der Waals surface area contributed by atoms with Crippen LogP contribution in [-0.4, -0.2) is 38.2 Å². The number of esters is 1. The largest absolute Gasteiger partial charge is 0.486 e. The fourth-order valence-electron chi connectivity index (χ4n) is 2.31. The molecule has 7 heteroatoms. The van der Waals surface area contributed by atoms with Crippen LogP contribution in [0.15, 0.2) is 16.6 Å². The molecule has 0 fully saturated rings. The minimum atomic E-state index is -0.681. The molecular formula is C16H20BrNO5. The summed E-state index contributed by atoms with van der Waals surface area (Å²) in [5.74, 6) is 0.516. The summed E-state index contributed by atoms with van der Waals surface area (Å²) in [4.78, 5) is 24.3. The van der Waals surface area contributed by atoms with E-state index in [1.54, 1.807) is 12.1 Å². The molecular weight excluding hydrogens is 366 g/mol. The van der Waals surface area contributed by atoms with Gasteiger partial charge in [0.25, 0.3) is 5.91 Å². The van der Waals surface area contributed by atoms with Crippen LogP contribution < -0.4 is 14.8 Å². The fourth-order valence-corrected chi connectivity index (χ4v) is 2.87. The normalized spacial score (nSPS) is 14.3. The molecule has 0 radical (unpaired) electrons. The van der Waals surface area contributed by atoms with Gasteiger partial charge in [-0.2, -0.15) is 0 Å². The van der Waals surface area contributed by atoms with Gasteiger partial charge in [-0.1, -0.05) is 13.8 Å². The molecule has 6 nitrogen and oxygen atoms in total. The number of amides is 1. The van der Waals surface area contributed by atoms with Crippen LogP contribution in [0.1, 0.15) is 30.6 Å². The quantitative estimate of drug-likeness (QED) is 0.788. The lowest BCUT2D eigenvalue weighted by molar-refractivity contribution is -0.143. The van der Waals surface area contributed by atoms with Crippen LogP contribution in [0.25, 0.3) is 0 Å². The Kier molecular flexibility index (Phi) is 5.87. The first-order valence-electron chi connectivity index (χ1n) is 7.40. The number of benzene rings is 1. The topological polar surface area (TPSA) is 73.9 Å². The number of hydrogen-bond donors (Lipinski definition) is 1. The van der Waals surface area contributed by atoms with E-state index in [2.05, 4.69) is 21.2 Å². The lowest BCUT2D eigenvalue weighted by atomic mass is 10.0. The monoisotopic (exact) mass is 385 g/mol. The SMILES string of the molecule is COC(=O)[C@H](CC(C)C)NC(=O)c1cc(Br)c2c(c1)OCCO2. The molecule has 1 amide bonds. The summed E-state index contributed by atoms with van der Waals surface area (Å²) in [5.41, 5.74) is 0.388. The van der Waals surface area contributed by atoms with Gasteiger partial charge in [-0.25, -0.2) is 4.79 Å². The zero-order valence-electron chi connectivity index (χ0n) is 13.3. The number of nitrogens with one attached hydrogen (secondary N) is 1. The standard InChI is InChI=1S/C16H20BrNO5/c1-9(2)6-12(16(20)21-3)18-15(19)10-7-11(17)14-13(8-10)22-4-5-23-14/h7-9,12H,4-6H2,1-3H3,(H,18,19)/t12-/m0/s1. The number of halogens is 1. The highest BCUT2D eigenvalue weighted by Gasteiger charge is 2.25. The molecule has 0 aliphatic carbocycles. The summed E-state index contributed by atoms with van der Waals surface area (Å²) < 4.78 is 16.4. The molecule has 0 spiro atoms. The summed E-state index contributed by atoms with van der Waals surface area (Å²) >= 11 is 3.37. The van der Waals surface area contributed by atoms with Gasteiger partial charge in [0.05, 0.1) is 11.6 Å². The molecule has 126 valence electrons. The van der Waals surface area contributed by atoms with Gasteiger partial charge in [-0.3, -0.25) is 4.79 Å². The van der Waals surface area contributed by atoms with Crippen LogP contribution in [-0.2, 0) is 9.53 Å². The van der Waals surface area contributed by atoms with Crippen LogP contribution in [0.4, 0.5) is 0 Å². The first-order chi connectivity index (χ1) is 10.9. The molecule has 0 unspecified atom stereocenters. The lowest BCUT2D eigenvalue weighted by Crippen LogP contribution is -2.42. The van der Waals surface area contributed by atoms with Crippen molar-refractivity contribution >= 4 is 27.8 Å². The Labute approximate surface area is 143 Å². The van der Waals surface area contributed by atoms with Gasteiger partial charge in [0.2, 0.25) is 0 Å². The van der Waals surface area contributed by atoms with Gasteiger partial charge in [0, 0.05) is 5.56 Å². The second-order valence-electron chi connectivity index (χ2n) is 5.66. The summed E-state index contributed by atoms with van der Waals surface area (Å²) in [7, 11) is 1.31. The van der Waals surface area contributed by atoms with Crippen LogP contribution in [0.3, 0.4) is 0 Å². The van der Waals surface area contributed by atoms with Crippen molar-refractivity contribution in [2.45, 2.75) is 26.3 Å². The Morgan fingerprint density at radius 3 is 2.65 bits per heavy atom. The molecule has 1 aliphatic heterocycles. The predicted octanol–water partition coefficient (Wildman–Crippen LogP) is 2.54. The van der Waals surface area contributed by atoms with Crippen molar-refractivity contribution in [2.75, 3.05) is 20.3 Å². The van der Waals surface area contributed by atoms with Gasteiger partial charge >= 0.3 is 5.97 Å². The van der Waals surface area contributed by atoms with Crippen molar-refractivity contribution in [3.05, 3.63) is 22.2 Å². The minimum Gasteiger partial charge on any atom is -0.486 e. The number of carbonyl (C=O) groups is 2. The van der Waals surface area contributed by atoms with E-state index in [9.17, 15) is 9.59 Å². The maximum Gasteiger partial charge on any atom is 0.328 e. The van der Waals surface area contributed by atoms with E-state index in [1.165, 1.54) is 7.11 Å². The van der Waals surface area contributed by atoms with Crippen LogP contribution in [0.5, 0.6) is 11.5 Å². The molecule has 1 aliphatic rings. The van der Waals surface area contributed by atoms with E-state index in [4.69, 9.17) is 14.2 Å². The van der Waals surface area contributed by atoms with E-state index in [1.807, 2.05) is 13.8 Å². The third-order valence-electron chi connectivity index (χ3n) is 3.36.